The number of nitrogens with one attached hydrogen (secondary N) is 2. The summed E-state index contributed by atoms with van der Waals surface area (Å²) in [6.07, 6.45) is -0.938. The standard InChI is InChI=1S/C10H11F2N3O/c11-9(12)5-15-10(16)8-1-6-2-13-3-7(6)4-14-8/h1,4,9,13H,2-3,5H2,(H,15,16). The van der Waals surface area contributed by atoms with E-state index in [1.165, 1.54) is 0 Å². The van der Waals surface area contributed by atoms with Gasteiger partial charge in [-0.1, -0.05) is 0 Å². The molecule has 6 heteroatoms. The predicted molar refractivity (Wildman–Crippen MR) is 53.1 cm³/mol. The third-order valence-electron chi connectivity index (χ3n) is 2.36. The molecule has 0 aromatic carbocycles. The lowest BCUT2D eigenvalue weighted by molar-refractivity contribution is 0.0887. The first-order valence-electron chi connectivity index (χ1n) is 4.91. The normalized spacial score (nSPS) is 13.9. The molecule has 0 saturated carbocycles. The summed E-state index contributed by atoms with van der Waals surface area (Å²) in [6, 6.07) is 1.64. The van der Waals surface area contributed by atoms with Gasteiger partial charge in [0.2, 0.25) is 0 Å². The molecule has 86 valence electrons. The van der Waals surface area contributed by atoms with E-state index in [1.54, 1.807) is 12.3 Å². The van der Waals surface area contributed by atoms with E-state index in [-0.39, 0.29) is 5.69 Å². The molecule has 2 N–H and O–H groups in total. The maximum Gasteiger partial charge on any atom is 0.270 e. The maximum absolute atomic E-state index is 11.9. The fraction of sp³-hybridized carbons (Fsp3) is 0.400. The van der Waals surface area contributed by atoms with Crippen LogP contribution in [0.25, 0.3) is 0 Å². The SMILES string of the molecule is O=C(NCC(F)F)c1cc2c(cn1)CNC2. The molecule has 0 spiro atoms. The lowest BCUT2D eigenvalue weighted by atomic mass is 10.1. The Morgan fingerprint density at radius 1 is 1.50 bits per heavy atom. The van der Waals surface area contributed by atoms with Crippen LogP contribution in [0.1, 0.15) is 21.6 Å². The van der Waals surface area contributed by atoms with Crippen LogP contribution in [-0.4, -0.2) is 23.9 Å². The second-order valence-electron chi connectivity index (χ2n) is 3.54. The van der Waals surface area contributed by atoms with E-state index >= 15 is 0 Å². The Morgan fingerprint density at radius 3 is 3.00 bits per heavy atom. The lowest BCUT2D eigenvalue weighted by Crippen LogP contribution is -2.29. The average Bonchev–Trinajstić information content (AvgIpc) is 2.72. The van der Waals surface area contributed by atoms with E-state index in [4.69, 9.17) is 0 Å². The number of hydrogen-bond acceptors (Lipinski definition) is 3. The van der Waals surface area contributed by atoms with Gasteiger partial charge in [-0.2, -0.15) is 0 Å². The molecule has 0 fully saturated rings. The summed E-state index contributed by atoms with van der Waals surface area (Å²) in [5.41, 5.74) is 2.23. The number of carbonyl (C=O) groups is 1. The van der Waals surface area contributed by atoms with E-state index < -0.39 is 18.9 Å². The molecule has 0 saturated heterocycles. The van der Waals surface area contributed by atoms with Gasteiger partial charge in [-0.25, -0.2) is 8.78 Å². The third kappa shape index (κ3) is 2.33. The minimum absolute atomic E-state index is 0.183. The van der Waals surface area contributed by atoms with Crippen molar-refractivity contribution in [1.82, 2.24) is 15.6 Å². The monoisotopic (exact) mass is 227 g/mol. The number of nitrogens with zero attached hydrogens (tertiary/aromatic N) is 1. The maximum atomic E-state index is 11.9. The van der Waals surface area contributed by atoms with Crippen molar-refractivity contribution in [1.29, 1.82) is 0 Å². The number of rotatable bonds is 3. The Bertz CT molecular complexity index is 409. The smallest absolute Gasteiger partial charge is 0.270 e. The second kappa shape index (κ2) is 4.52. The highest BCUT2D eigenvalue weighted by Gasteiger charge is 2.15. The van der Waals surface area contributed by atoms with E-state index in [2.05, 4.69) is 15.6 Å². The van der Waals surface area contributed by atoms with Crippen LogP contribution >= 0.6 is 0 Å². The highest BCUT2D eigenvalue weighted by atomic mass is 19.3. The number of carbonyl (C=O) groups excluding carboxylic acids is 1. The van der Waals surface area contributed by atoms with Crippen LogP contribution in [0.5, 0.6) is 0 Å². The Morgan fingerprint density at radius 2 is 2.25 bits per heavy atom. The first kappa shape index (κ1) is 10.9. The molecule has 0 unspecified atom stereocenters. The van der Waals surface area contributed by atoms with Crippen molar-refractivity contribution in [2.24, 2.45) is 0 Å². The molecule has 0 radical (unpaired) electrons. The fourth-order valence-corrected chi connectivity index (χ4v) is 1.57. The molecule has 1 amide bonds. The van der Waals surface area contributed by atoms with E-state index in [0.29, 0.717) is 6.54 Å². The molecule has 0 bridgehead atoms. The van der Waals surface area contributed by atoms with Crippen LogP contribution in [0, 0.1) is 0 Å². The zero-order chi connectivity index (χ0) is 11.5. The van der Waals surface area contributed by atoms with Gasteiger partial charge in [0, 0.05) is 19.3 Å². The molecule has 1 aliphatic heterocycles. The minimum Gasteiger partial charge on any atom is -0.345 e. The number of fused-ring (bicyclic) bond motifs is 1. The Hall–Kier alpha value is -1.56. The van der Waals surface area contributed by atoms with Gasteiger partial charge in [0.05, 0.1) is 6.54 Å². The first-order chi connectivity index (χ1) is 7.66. The Kier molecular flexibility index (Phi) is 3.09. The van der Waals surface area contributed by atoms with Crippen molar-refractivity contribution in [3.05, 3.63) is 29.1 Å². The number of halogens is 2. The number of pyridine rings is 1. The summed E-state index contributed by atoms with van der Waals surface area (Å²) in [5.74, 6) is -0.560. The van der Waals surface area contributed by atoms with Crippen LogP contribution < -0.4 is 10.6 Å². The van der Waals surface area contributed by atoms with Crippen molar-refractivity contribution in [2.45, 2.75) is 19.5 Å². The lowest BCUT2D eigenvalue weighted by Gasteiger charge is -2.05. The first-order valence-corrected chi connectivity index (χ1v) is 4.91. The summed E-state index contributed by atoms with van der Waals surface area (Å²) < 4.78 is 23.8. The topological polar surface area (TPSA) is 54.0 Å². The number of hydrogen-bond donors (Lipinski definition) is 2. The molecule has 2 heterocycles. The van der Waals surface area contributed by atoms with Crippen molar-refractivity contribution < 1.29 is 13.6 Å². The van der Waals surface area contributed by atoms with E-state index in [0.717, 1.165) is 17.7 Å². The molecular weight excluding hydrogens is 216 g/mol. The van der Waals surface area contributed by atoms with Crippen LogP contribution in [0.4, 0.5) is 8.78 Å². The van der Waals surface area contributed by atoms with Gasteiger partial charge in [0.25, 0.3) is 12.3 Å². The van der Waals surface area contributed by atoms with Gasteiger partial charge in [-0.3, -0.25) is 9.78 Å². The molecule has 1 aromatic heterocycles. The summed E-state index contributed by atoms with van der Waals surface area (Å²) in [5, 5.41) is 5.23. The van der Waals surface area contributed by atoms with Crippen LogP contribution in [0.2, 0.25) is 0 Å². The molecular formula is C10H11F2N3O. The Labute approximate surface area is 91.1 Å². The molecule has 2 rings (SSSR count). The predicted octanol–water partition coefficient (Wildman–Crippen LogP) is 0.680. The summed E-state index contributed by atoms with van der Waals surface area (Å²) in [4.78, 5) is 15.4. The zero-order valence-electron chi connectivity index (χ0n) is 8.46. The number of alkyl halides is 2. The van der Waals surface area contributed by atoms with Crippen molar-refractivity contribution >= 4 is 5.91 Å². The summed E-state index contributed by atoms with van der Waals surface area (Å²) in [6.45, 7) is 0.782. The summed E-state index contributed by atoms with van der Waals surface area (Å²) in [7, 11) is 0. The van der Waals surface area contributed by atoms with Gasteiger partial charge in [0.1, 0.15) is 5.69 Å². The van der Waals surface area contributed by atoms with Crippen molar-refractivity contribution in [3.8, 4) is 0 Å². The highest BCUT2D eigenvalue weighted by molar-refractivity contribution is 5.92. The zero-order valence-corrected chi connectivity index (χ0v) is 8.46. The van der Waals surface area contributed by atoms with Gasteiger partial charge >= 0.3 is 0 Å². The second-order valence-corrected chi connectivity index (χ2v) is 3.54. The van der Waals surface area contributed by atoms with Gasteiger partial charge in [-0.15, -0.1) is 0 Å². The highest BCUT2D eigenvalue weighted by Crippen LogP contribution is 2.14. The molecule has 0 aliphatic carbocycles. The van der Waals surface area contributed by atoms with E-state index in [1.807, 2.05) is 0 Å². The van der Waals surface area contributed by atoms with Crippen molar-refractivity contribution in [3.63, 3.8) is 0 Å². The van der Waals surface area contributed by atoms with Crippen LogP contribution in [0.15, 0.2) is 12.3 Å². The largest absolute Gasteiger partial charge is 0.345 e. The summed E-state index contributed by atoms with van der Waals surface area (Å²) >= 11 is 0. The number of aromatic nitrogens is 1. The number of amides is 1. The molecule has 1 aliphatic rings. The molecule has 4 nitrogen and oxygen atoms in total. The van der Waals surface area contributed by atoms with Gasteiger partial charge in [0.15, 0.2) is 0 Å². The molecule has 16 heavy (non-hydrogen) atoms. The van der Waals surface area contributed by atoms with Crippen LogP contribution in [-0.2, 0) is 13.1 Å². The molecule has 1 aromatic rings. The Balaban J connectivity index is 2.06. The fourth-order valence-electron chi connectivity index (χ4n) is 1.57. The van der Waals surface area contributed by atoms with Crippen molar-refractivity contribution in [2.75, 3.05) is 6.54 Å². The van der Waals surface area contributed by atoms with Crippen LogP contribution in [0.3, 0.4) is 0 Å². The molecule has 0 atom stereocenters. The minimum atomic E-state index is -2.54. The van der Waals surface area contributed by atoms with E-state index in [9.17, 15) is 13.6 Å². The van der Waals surface area contributed by atoms with Gasteiger partial charge < -0.3 is 10.6 Å². The van der Waals surface area contributed by atoms with Gasteiger partial charge in [-0.05, 0) is 17.2 Å². The quantitative estimate of drug-likeness (QED) is 0.798. The average molecular weight is 227 g/mol. The third-order valence-corrected chi connectivity index (χ3v) is 2.36.